The number of amides is 1. The molecule has 1 unspecified atom stereocenters. The summed E-state index contributed by atoms with van der Waals surface area (Å²) < 4.78 is 40.0. The number of likely N-dealkylation sites (tertiary alicyclic amines) is 1. The molecule has 2 rings (SSSR count). The van der Waals surface area contributed by atoms with Crippen LogP contribution in [0.25, 0.3) is 0 Å². The Morgan fingerprint density at radius 1 is 1.38 bits per heavy atom. The Morgan fingerprint density at radius 3 is 2.83 bits per heavy atom. The SMILES string of the molecule is CNCC1CCCN(C(=O)CCNS(=O)(=O)c2ccccc2F)C1. The molecular weight excluding hydrogens is 333 g/mol. The predicted octanol–water partition coefficient (Wildman–Crippen LogP) is 0.952. The van der Waals surface area contributed by atoms with Crippen LogP contribution in [0.15, 0.2) is 29.2 Å². The van der Waals surface area contributed by atoms with Crippen molar-refractivity contribution >= 4 is 15.9 Å². The van der Waals surface area contributed by atoms with Crippen LogP contribution < -0.4 is 10.0 Å². The van der Waals surface area contributed by atoms with Crippen molar-refractivity contribution in [3.63, 3.8) is 0 Å². The number of rotatable bonds is 7. The van der Waals surface area contributed by atoms with Crippen LogP contribution in [0, 0.1) is 11.7 Å². The molecule has 0 aromatic heterocycles. The van der Waals surface area contributed by atoms with Crippen molar-refractivity contribution in [2.75, 3.05) is 33.2 Å². The topological polar surface area (TPSA) is 78.5 Å². The van der Waals surface area contributed by atoms with Gasteiger partial charge in [0.05, 0.1) is 0 Å². The number of halogens is 1. The van der Waals surface area contributed by atoms with Crippen molar-refractivity contribution in [1.82, 2.24) is 14.9 Å². The normalized spacial score (nSPS) is 18.6. The van der Waals surface area contributed by atoms with E-state index in [1.54, 1.807) is 4.90 Å². The number of nitrogens with one attached hydrogen (secondary N) is 2. The molecule has 0 aliphatic carbocycles. The van der Waals surface area contributed by atoms with Crippen LogP contribution in [0.3, 0.4) is 0 Å². The largest absolute Gasteiger partial charge is 0.342 e. The van der Waals surface area contributed by atoms with E-state index in [0.29, 0.717) is 19.0 Å². The molecule has 134 valence electrons. The monoisotopic (exact) mass is 357 g/mol. The van der Waals surface area contributed by atoms with Crippen LogP contribution in [-0.2, 0) is 14.8 Å². The van der Waals surface area contributed by atoms with Crippen LogP contribution in [0.1, 0.15) is 19.3 Å². The van der Waals surface area contributed by atoms with Crippen LogP contribution in [0.5, 0.6) is 0 Å². The number of hydrogen-bond donors (Lipinski definition) is 2. The zero-order chi connectivity index (χ0) is 17.6. The van der Waals surface area contributed by atoms with E-state index in [1.165, 1.54) is 18.2 Å². The first kappa shape index (κ1) is 18.8. The maximum absolute atomic E-state index is 13.6. The second-order valence-electron chi connectivity index (χ2n) is 5.98. The maximum atomic E-state index is 13.6. The number of hydrogen-bond acceptors (Lipinski definition) is 4. The van der Waals surface area contributed by atoms with Gasteiger partial charge in [-0.3, -0.25) is 4.79 Å². The predicted molar refractivity (Wildman–Crippen MR) is 89.4 cm³/mol. The number of carbonyl (C=O) groups excluding carboxylic acids is 1. The van der Waals surface area contributed by atoms with Gasteiger partial charge in [0, 0.05) is 26.1 Å². The van der Waals surface area contributed by atoms with E-state index < -0.39 is 20.7 Å². The number of nitrogens with zero attached hydrogens (tertiary/aromatic N) is 1. The van der Waals surface area contributed by atoms with Gasteiger partial charge in [-0.25, -0.2) is 17.5 Å². The summed E-state index contributed by atoms with van der Waals surface area (Å²) in [5.74, 6) is -0.447. The molecule has 0 saturated carbocycles. The fourth-order valence-electron chi connectivity index (χ4n) is 2.94. The molecule has 8 heteroatoms. The molecule has 1 atom stereocenters. The summed E-state index contributed by atoms with van der Waals surface area (Å²) in [4.78, 5) is 13.6. The van der Waals surface area contributed by atoms with Gasteiger partial charge in [-0.2, -0.15) is 0 Å². The first-order valence-corrected chi connectivity index (χ1v) is 9.59. The van der Waals surface area contributed by atoms with E-state index >= 15 is 0 Å². The quantitative estimate of drug-likeness (QED) is 0.762. The average molecular weight is 357 g/mol. The van der Waals surface area contributed by atoms with Gasteiger partial charge in [-0.05, 0) is 44.5 Å². The van der Waals surface area contributed by atoms with Gasteiger partial charge >= 0.3 is 0 Å². The maximum Gasteiger partial charge on any atom is 0.243 e. The highest BCUT2D eigenvalue weighted by Gasteiger charge is 2.24. The summed E-state index contributed by atoms with van der Waals surface area (Å²) in [6.07, 6.45) is 2.11. The van der Waals surface area contributed by atoms with Crippen LogP contribution in [0.2, 0.25) is 0 Å². The van der Waals surface area contributed by atoms with Gasteiger partial charge in [0.1, 0.15) is 10.7 Å². The van der Waals surface area contributed by atoms with Crippen molar-refractivity contribution in [3.8, 4) is 0 Å². The lowest BCUT2D eigenvalue weighted by molar-refractivity contribution is -0.132. The highest BCUT2D eigenvalue weighted by molar-refractivity contribution is 7.89. The molecular formula is C16H24FN3O3S. The molecule has 1 aliphatic heterocycles. The summed E-state index contributed by atoms with van der Waals surface area (Å²) >= 11 is 0. The number of sulfonamides is 1. The first-order chi connectivity index (χ1) is 11.4. The highest BCUT2D eigenvalue weighted by atomic mass is 32.2. The van der Waals surface area contributed by atoms with Crippen molar-refractivity contribution < 1.29 is 17.6 Å². The molecule has 1 heterocycles. The zero-order valence-electron chi connectivity index (χ0n) is 13.8. The van der Waals surface area contributed by atoms with Crippen molar-refractivity contribution in [3.05, 3.63) is 30.1 Å². The lowest BCUT2D eigenvalue weighted by Crippen LogP contribution is -2.43. The van der Waals surface area contributed by atoms with Gasteiger partial charge in [-0.1, -0.05) is 12.1 Å². The summed E-state index contributed by atoms with van der Waals surface area (Å²) in [5, 5.41) is 3.12. The van der Waals surface area contributed by atoms with Crippen LogP contribution in [0.4, 0.5) is 4.39 Å². The van der Waals surface area contributed by atoms with E-state index in [9.17, 15) is 17.6 Å². The molecule has 1 fully saturated rings. The second kappa shape index (κ2) is 8.55. The molecule has 2 N–H and O–H groups in total. The molecule has 0 spiro atoms. The smallest absolute Gasteiger partial charge is 0.243 e. The summed E-state index contributed by atoms with van der Waals surface area (Å²) in [6, 6.07) is 5.18. The van der Waals surface area contributed by atoms with Gasteiger partial charge in [0.25, 0.3) is 0 Å². The fourth-order valence-corrected chi connectivity index (χ4v) is 4.05. The Hall–Kier alpha value is -1.51. The lowest BCUT2D eigenvalue weighted by Gasteiger charge is -2.32. The third-order valence-corrected chi connectivity index (χ3v) is 5.62. The molecule has 1 saturated heterocycles. The Morgan fingerprint density at radius 2 is 2.12 bits per heavy atom. The summed E-state index contributed by atoms with van der Waals surface area (Å²) in [5.41, 5.74) is 0. The number of carbonyl (C=O) groups is 1. The molecule has 0 bridgehead atoms. The minimum absolute atomic E-state index is 0.0390. The standard InChI is InChI=1S/C16H24FN3O3S/c1-18-11-13-5-4-10-20(12-13)16(21)8-9-19-24(22,23)15-7-3-2-6-14(15)17/h2-3,6-7,13,18-19H,4-5,8-12H2,1H3. The molecule has 6 nitrogen and oxygen atoms in total. The van der Waals surface area contributed by atoms with E-state index in [2.05, 4.69) is 10.0 Å². The van der Waals surface area contributed by atoms with Gasteiger partial charge in [0.15, 0.2) is 0 Å². The zero-order valence-corrected chi connectivity index (χ0v) is 14.6. The fraction of sp³-hybridized carbons (Fsp3) is 0.562. The average Bonchev–Trinajstić information content (AvgIpc) is 2.55. The Balaban J connectivity index is 1.85. The minimum Gasteiger partial charge on any atom is -0.342 e. The Kier molecular flexibility index (Phi) is 6.70. The van der Waals surface area contributed by atoms with Gasteiger partial charge < -0.3 is 10.2 Å². The third kappa shape index (κ3) is 4.99. The number of piperidine rings is 1. The Labute approximate surface area is 142 Å². The van der Waals surface area contributed by atoms with Crippen molar-refractivity contribution in [1.29, 1.82) is 0 Å². The first-order valence-electron chi connectivity index (χ1n) is 8.10. The molecule has 0 radical (unpaired) electrons. The van der Waals surface area contributed by atoms with E-state index in [4.69, 9.17) is 0 Å². The molecule has 1 aromatic carbocycles. The van der Waals surface area contributed by atoms with E-state index in [0.717, 1.165) is 25.5 Å². The van der Waals surface area contributed by atoms with Crippen LogP contribution in [-0.4, -0.2) is 52.5 Å². The molecule has 1 aromatic rings. The minimum atomic E-state index is -3.94. The van der Waals surface area contributed by atoms with E-state index in [1.807, 2.05) is 7.05 Å². The van der Waals surface area contributed by atoms with Crippen LogP contribution >= 0.6 is 0 Å². The van der Waals surface area contributed by atoms with Crippen molar-refractivity contribution in [2.45, 2.75) is 24.2 Å². The molecule has 24 heavy (non-hydrogen) atoms. The molecule has 1 amide bonds. The highest BCUT2D eigenvalue weighted by Crippen LogP contribution is 2.17. The second-order valence-corrected chi connectivity index (χ2v) is 7.72. The van der Waals surface area contributed by atoms with Crippen molar-refractivity contribution in [2.24, 2.45) is 5.92 Å². The Bertz CT molecular complexity index is 664. The van der Waals surface area contributed by atoms with Gasteiger partial charge in [0.2, 0.25) is 15.9 Å². The van der Waals surface area contributed by atoms with E-state index in [-0.39, 0.29) is 18.9 Å². The third-order valence-electron chi connectivity index (χ3n) is 4.12. The summed E-state index contributed by atoms with van der Waals surface area (Å²) in [6.45, 7) is 2.23. The van der Waals surface area contributed by atoms with Gasteiger partial charge in [-0.15, -0.1) is 0 Å². The summed E-state index contributed by atoms with van der Waals surface area (Å²) in [7, 11) is -2.06. The number of benzene rings is 1. The molecule has 1 aliphatic rings. The lowest BCUT2D eigenvalue weighted by atomic mass is 9.98.